The lowest BCUT2D eigenvalue weighted by atomic mass is 10.0. The number of nitrogens with zero attached hydrogens (tertiary/aromatic N) is 2. The Labute approximate surface area is 126 Å². The number of hydrogen-bond acceptors (Lipinski definition) is 3. The van der Waals surface area contributed by atoms with Crippen LogP contribution in [0.25, 0.3) is 0 Å². The summed E-state index contributed by atoms with van der Waals surface area (Å²) in [4.78, 5) is 27.8. The third kappa shape index (κ3) is 3.31. The zero-order chi connectivity index (χ0) is 15.4. The van der Waals surface area contributed by atoms with Gasteiger partial charge in [0.2, 0.25) is 0 Å². The normalized spacial score (nSPS) is 26.0. The summed E-state index contributed by atoms with van der Waals surface area (Å²) in [5.41, 5.74) is 0. The summed E-state index contributed by atoms with van der Waals surface area (Å²) < 4.78 is 5.31. The fraction of sp³-hybridized carbons (Fsp3) is 0.867. The van der Waals surface area contributed by atoms with Crippen molar-refractivity contribution >= 4 is 12.0 Å². The number of carboxylic acids is 1. The summed E-state index contributed by atoms with van der Waals surface area (Å²) in [7, 11) is 0. The molecule has 2 fully saturated rings. The molecule has 1 aliphatic carbocycles. The molecule has 1 aliphatic heterocycles. The minimum Gasteiger partial charge on any atom is -0.481 e. The molecule has 2 rings (SSSR count). The first kappa shape index (κ1) is 16.1. The highest BCUT2D eigenvalue weighted by atomic mass is 16.5. The van der Waals surface area contributed by atoms with E-state index in [4.69, 9.17) is 4.74 Å². The van der Waals surface area contributed by atoms with Crippen LogP contribution in [0.3, 0.4) is 0 Å². The lowest BCUT2D eigenvalue weighted by Crippen LogP contribution is -2.53. The van der Waals surface area contributed by atoms with Crippen molar-refractivity contribution in [2.45, 2.75) is 51.6 Å². The number of aliphatic carboxylic acids is 1. The number of urea groups is 1. The van der Waals surface area contributed by atoms with Gasteiger partial charge in [-0.15, -0.1) is 0 Å². The number of ether oxygens (including phenoxy) is 1. The van der Waals surface area contributed by atoms with Crippen LogP contribution in [-0.2, 0) is 9.53 Å². The van der Waals surface area contributed by atoms with E-state index in [2.05, 4.69) is 0 Å². The van der Waals surface area contributed by atoms with Crippen molar-refractivity contribution in [1.82, 2.24) is 9.80 Å². The predicted octanol–water partition coefficient (Wildman–Crippen LogP) is 1.79. The fourth-order valence-corrected chi connectivity index (χ4v) is 3.53. The maximum absolute atomic E-state index is 12.9. The van der Waals surface area contributed by atoms with E-state index in [0.717, 1.165) is 12.8 Å². The Hall–Kier alpha value is -1.30. The van der Waals surface area contributed by atoms with Gasteiger partial charge in [0.1, 0.15) is 5.92 Å². The minimum atomic E-state index is -0.882. The molecule has 1 heterocycles. The average molecular weight is 298 g/mol. The first-order chi connectivity index (χ1) is 10.1. The van der Waals surface area contributed by atoms with Crippen molar-refractivity contribution in [3.05, 3.63) is 0 Å². The van der Waals surface area contributed by atoms with E-state index in [0.29, 0.717) is 25.7 Å². The van der Waals surface area contributed by atoms with Crippen molar-refractivity contribution in [2.75, 3.05) is 26.3 Å². The lowest BCUT2D eigenvalue weighted by Gasteiger charge is -2.37. The van der Waals surface area contributed by atoms with Crippen LogP contribution in [0.2, 0.25) is 0 Å². The number of carboxylic acid groups (broad SMARTS) is 1. The first-order valence-electron chi connectivity index (χ1n) is 7.97. The smallest absolute Gasteiger partial charge is 0.320 e. The Balaban J connectivity index is 2.11. The van der Waals surface area contributed by atoms with Gasteiger partial charge in [0, 0.05) is 19.1 Å². The second-order valence-corrected chi connectivity index (χ2v) is 5.84. The highest BCUT2D eigenvalue weighted by Crippen LogP contribution is 2.27. The number of hydrogen-bond donors (Lipinski definition) is 1. The predicted molar refractivity (Wildman–Crippen MR) is 78.1 cm³/mol. The number of rotatable bonds is 5. The molecule has 2 amide bonds. The quantitative estimate of drug-likeness (QED) is 0.840. The van der Waals surface area contributed by atoms with Gasteiger partial charge in [-0.2, -0.15) is 0 Å². The third-order valence-electron chi connectivity index (χ3n) is 4.71. The monoisotopic (exact) mass is 298 g/mol. The van der Waals surface area contributed by atoms with Crippen LogP contribution in [0.1, 0.15) is 39.5 Å². The second kappa shape index (κ2) is 7.11. The van der Waals surface area contributed by atoms with Crippen LogP contribution in [0.15, 0.2) is 0 Å². The van der Waals surface area contributed by atoms with Crippen molar-refractivity contribution in [2.24, 2.45) is 5.92 Å². The summed E-state index contributed by atoms with van der Waals surface area (Å²) in [5.74, 6) is -1.50. The molecule has 0 spiro atoms. The largest absolute Gasteiger partial charge is 0.481 e. The Morgan fingerprint density at radius 3 is 2.24 bits per heavy atom. The summed E-state index contributed by atoms with van der Waals surface area (Å²) >= 11 is 0. The standard InChI is InChI=1S/C15H26N2O4/c1-3-16(11-7-5-6-8-11)15(20)17(4-2)13-10-21-9-12(13)14(18)19/h11-13H,3-10H2,1-2H3,(H,18,19). The molecule has 0 aromatic heterocycles. The van der Waals surface area contributed by atoms with Gasteiger partial charge in [0.15, 0.2) is 0 Å². The van der Waals surface area contributed by atoms with Crippen molar-refractivity contribution in [1.29, 1.82) is 0 Å². The van der Waals surface area contributed by atoms with Crippen molar-refractivity contribution < 1.29 is 19.4 Å². The molecule has 1 saturated carbocycles. The molecular weight excluding hydrogens is 272 g/mol. The topological polar surface area (TPSA) is 70.1 Å². The summed E-state index contributed by atoms with van der Waals surface area (Å²) in [6.45, 7) is 5.59. The molecule has 0 aromatic rings. The van der Waals surface area contributed by atoms with E-state index in [1.807, 2.05) is 18.7 Å². The van der Waals surface area contributed by atoms with Gasteiger partial charge < -0.3 is 19.6 Å². The molecular formula is C15H26N2O4. The molecule has 6 nitrogen and oxygen atoms in total. The Kier molecular flexibility index (Phi) is 5.45. The fourth-order valence-electron chi connectivity index (χ4n) is 3.53. The third-order valence-corrected chi connectivity index (χ3v) is 4.71. The van der Waals surface area contributed by atoms with Gasteiger partial charge >= 0.3 is 12.0 Å². The molecule has 2 aliphatic rings. The van der Waals surface area contributed by atoms with Crippen LogP contribution >= 0.6 is 0 Å². The zero-order valence-electron chi connectivity index (χ0n) is 13.0. The second-order valence-electron chi connectivity index (χ2n) is 5.84. The first-order valence-corrected chi connectivity index (χ1v) is 7.97. The summed E-state index contributed by atoms with van der Waals surface area (Å²) in [6.07, 6.45) is 4.46. The van der Waals surface area contributed by atoms with Gasteiger partial charge in [0.05, 0.1) is 19.3 Å². The van der Waals surface area contributed by atoms with Crippen molar-refractivity contribution in [3.63, 3.8) is 0 Å². The number of likely N-dealkylation sites (N-methyl/N-ethyl adjacent to an activating group) is 1. The van der Waals surface area contributed by atoms with Crippen LogP contribution in [-0.4, -0.2) is 65.3 Å². The van der Waals surface area contributed by atoms with Gasteiger partial charge in [-0.3, -0.25) is 4.79 Å². The molecule has 120 valence electrons. The van der Waals surface area contributed by atoms with E-state index in [9.17, 15) is 14.7 Å². The molecule has 1 saturated heterocycles. The lowest BCUT2D eigenvalue weighted by molar-refractivity contribution is -0.142. The number of carbonyl (C=O) groups is 2. The molecule has 21 heavy (non-hydrogen) atoms. The van der Waals surface area contributed by atoms with E-state index in [1.54, 1.807) is 4.90 Å². The molecule has 0 bridgehead atoms. The van der Waals surface area contributed by atoms with Crippen LogP contribution < -0.4 is 0 Å². The van der Waals surface area contributed by atoms with Gasteiger partial charge in [0.25, 0.3) is 0 Å². The average Bonchev–Trinajstić information content (AvgIpc) is 3.11. The van der Waals surface area contributed by atoms with E-state index in [1.165, 1.54) is 12.8 Å². The maximum Gasteiger partial charge on any atom is 0.320 e. The van der Waals surface area contributed by atoms with Crippen molar-refractivity contribution in [3.8, 4) is 0 Å². The van der Waals surface area contributed by atoms with Gasteiger partial charge in [-0.1, -0.05) is 12.8 Å². The Morgan fingerprint density at radius 2 is 1.71 bits per heavy atom. The summed E-state index contributed by atoms with van der Waals surface area (Å²) in [6, 6.07) is -0.0775. The van der Waals surface area contributed by atoms with Crippen LogP contribution in [0.5, 0.6) is 0 Å². The number of carbonyl (C=O) groups excluding carboxylic acids is 1. The zero-order valence-corrected chi connectivity index (χ0v) is 13.0. The molecule has 0 aromatic carbocycles. The van der Waals surface area contributed by atoms with Gasteiger partial charge in [-0.25, -0.2) is 4.79 Å². The highest BCUT2D eigenvalue weighted by Gasteiger charge is 2.41. The Morgan fingerprint density at radius 1 is 1.10 bits per heavy atom. The SMILES string of the molecule is CCN(C(=O)N(CC)C1COCC1C(=O)O)C1CCCC1. The molecule has 2 atom stereocenters. The summed E-state index contributed by atoms with van der Waals surface area (Å²) in [5, 5.41) is 9.29. The van der Waals surface area contributed by atoms with Crippen LogP contribution in [0, 0.1) is 5.92 Å². The minimum absolute atomic E-state index is 0.0337. The number of amides is 2. The maximum atomic E-state index is 12.9. The van der Waals surface area contributed by atoms with E-state index < -0.39 is 11.9 Å². The van der Waals surface area contributed by atoms with Crippen LogP contribution in [0.4, 0.5) is 4.79 Å². The molecule has 0 radical (unpaired) electrons. The molecule has 2 unspecified atom stereocenters. The molecule has 1 N–H and O–H groups in total. The van der Waals surface area contributed by atoms with E-state index in [-0.39, 0.29) is 18.7 Å². The van der Waals surface area contributed by atoms with Gasteiger partial charge in [-0.05, 0) is 26.7 Å². The highest BCUT2D eigenvalue weighted by molar-refractivity contribution is 5.77. The molecule has 6 heteroatoms. The van der Waals surface area contributed by atoms with E-state index >= 15 is 0 Å². The Bertz CT molecular complexity index is 382.